The summed E-state index contributed by atoms with van der Waals surface area (Å²) in [6.45, 7) is 9.66. The van der Waals surface area contributed by atoms with Gasteiger partial charge in [0.1, 0.15) is 34.5 Å². The van der Waals surface area contributed by atoms with Crippen LogP contribution in [0.1, 0.15) is 87.0 Å². The van der Waals surface area contributed by atoms with E-state index in [0.29, 0.717) is 28.9 Å². The number of benzene rings is 2. The minimum atomic E-state index is -0.864. The van der Waals surface area contributed by atoms with E-state index in [1.807, 2.05) is 13.0 Å². The predicted octanol–water partition coefficient (Wildman–Crippen LogP) is 5.82. The molecule has 0 aromatic heterocycles. The first kappa shape index (κ1) is 26.6. The zero-order chi connectivity index (χ0) is 27.1. The molecule has 4 rings (SSSR count). The van der Waals surface area contributed by atoms with E-state index in [9.17, 15) is 25.2 Å². The minimum Gasteiger partial charge on any atom is -0.507 e. The smallest absolute Gasteiger partial charge is 0.174 e. The summed E-state index contributed by atoms with van der Waals surface area (Å²) in [4.78, 5) is 13.2. The number of Topliss-reactive ketones (excluding diaryl/α,β-unsaturated/α-hetero) is 1. The highest BCUT2D eigenvalue weighted by atomic mass is 16.5. The number of carbonyl (C=O) groups excluding carboxylic acids is 1. The summed E-state index contributed by atoms with van der Waals surface area (Å²) in [5, 5.41) is 42.2. The fourth-order valence-corrected chi connectivity index (χ4v) is 4.87. The largest absolute Gasteiger partial charge is 0.507 e. The number of allylic oxidation sites excluding steroid dienone is 4. The van der Waals surface area contributed by atoms with Gasteiger partial charge in [0.2, 0.25) is 0 Å². The number of ether oxygens (including phenoxy) is 2. The highest BCUT2D eigenvalue weighted by Crippen LogP contribution is 2.49. The van der Waals surface area contributed by atoms with Crippen molar-refractivity contribution < 1.29 is 34.7 Å². The number of phenolic OH excluding ortho intramolecular Hbond substituents is 3. The van der Waals surface area contributed by atoms with Crippen molar-refractivity contribution in [2.75, 3.05) is 0 Å². The first-order valence-electron chi connectivity index (χ1n) is 12.7. The second-order valence-corrected chi connectivity index (χ2v) is 10.8. The van der Waals surface area contributed by atoms with Gasteiger partial charge in [-0.3, -0.25) is 4.79 Å². The van der Waals surface area contributed by atoms with Crippen LogP contribution < -0.4 is 9.47 Å². The Labute approximate surface area is 217 Å². The number of hydrogen-bond acceptors (Lipinski definition) is 7. The number of ketones is 1. The SMILES string of the molecule is CC(C)=CCCC(C)=CCc1c([C@@H]2CC(=O)c3c(cc4c(c3O)C[C@@H](O)C(C)(C)O4)O2)ccc(O)c1O. The fraction of sp³-hybridized carbons (Fsp3) is 0.433. The Bertz CT molecular complexity index is 1280. The molecule has 2 aliphatic rings. The zero-order valence-electron chi connectivity index (χ0n) is 22.1. The summed E-state index contributed by atoms with van der Waals surface area (Å²) in [5.41, 5.74) is 3.09. The molecule has 0 saturated carbocycles. The first-order valence-corrected chi connectivity index (χ1v) is 12.7. The van der Waals surface area contributed by atoms with Gasteiger partial charge in [0, 0.05) is 29.2 Å². The van der Waals surface area contributed by atoms with Crippen LogP contribution in [0, 0.1) is 0 Å². The van der Waals surface area contributed by atoms with Crippen LogP contribution in [0.3, 0.4) is 0 Å². The first-order chi connectivity index (χ1) is 17.4. The molecule has 0 bridgehead atoms. The fourth-order valence-electron chi connectivity index (χ4n) is 4.87. The van der Waals surface area contributed by atoms with E-state index in [1.165, 1.54) is 11.6 Å². The van der Waals surface area contributed by atoms with E-state index in [-0.39, 0.29) is 47.2 Å². The molecule has 37 heavy (non-hydrogen) atoms. The van der Waals surface area contributed by atoms with Gasteiger partial charge in [-0.05, 0) is 59.9 Å². The normalized spacial score (nSPS) is 20.4. The zero-order valence-corrected chi connectivity index (χ0v) is 22.1. The maximum Gasteiger partial charge on any atom is 0.174 e. The quantitative estimate of drug-likeness (QED) is 0.287. The van der Waals surface area contributed by atoms with Crippen molar-refractivity contribution in [3.8, 4) is 28.7 Å². The molecule has 0 spiro atoms. The lowest BCUT2D eigenvalue weighted by Gasteiger charge is -2.38. The Balaban J connectivity index is 1.67. The Morgan fingerprint density at radius 1 is 1.05 bits per heavy atom. The number of aliphatic hydroxyl groups is 1. The second kappa shape index (κ2) is 10.1. The van der Waals surface area contributed by atoms with Crippen molar-refractivity contribution in [1.82, 2.24) is 0 Å². The third kappa shape index (κ3) is 5.32. The second-order valence-electron chi connectivity index (χ2n) is 10.8. The van der Waals surface area contributed by atoms with Gasteiger partial charge in [-0.25, -0.2) is 0 Å². The lowest BCUT2D eigenvalue weighted by atomic mass is 9.86. The summed E-state index contributed by atoms with van der Waals surface area (Å²) in [5.74, 6) is -0.453. The van der Waals surface area contributed by atoms with Gasteiger partial charge >= 0.3 is 0 Å². The van der Waals surface area contributed by atoms with E-state index in [1.54, 1.807) is 26.0 Å². The van der Waals surface area contributed by atoms with E-state index >= 15 is 0 Å². The number of rotatable bonds is 6. The van der Waals surface area contributed by atoms with E-state index in [2.05, 4.69) is 19.9 Å². The van der Waals surface area contributed by atoms with Crippen molar-refractivity contribution in [3.05, 3.63) is 63.8 Å². The molecule has 0 amide bonds. The van der Waals surface area contributed by atoms with Gasteiger partial charge in [-0.1, -0.05) is 29.4 Å². The molecule has 0 unspecified atom stereocenters. The van der Waals surface area contributed by atoms with Crippen molar-refractivity contribution >= 4 is 5.78 Å². The molecule has 7 heteroatoms. The average Bonchev–Trinajstić information content (AvgIpc) is 2.80. The lowest BCUT2D eigenvalue weighted by molar-refractivity contribution is -0.0420. The molecule has 0 saturated heterocycles. The third-order valence-corrected chi connectivity index (χ3v) is 7.21. The van der Waals surface area contributed by atoms with Crippen molar-refractivity contribution in [2.45, 2.75) is 84.5 Å². The highest BCUT2D eigenvalue weighted by Gasteiger charge is 2.41. The predicted molar refractivity (Wildman–Crippen MR) is 141 cm³/mol. The molecule has 7 nitrogen and oxygen atoms in total. The Hall–Kier alpha value is -3.45. The third-order valence-electron chi connectivity index (χ3n) is 7.21. The molecule has 4 N–H and O–H groups in total. The standard InChI is InChI=1S/C30H36O7/c1-16(2)7-6-8-17(3)9-10-19-18(11-12-21(31)28(19)34)23-14-22(32)27-25(36-23)15-24-20(29(27)35)13-26(33)30(4,5)37-24/h7,9,11-12,15,23,26,31,33-35H,6,8,10,13-14H2,1-5H3/t23-,26+/m0/s1. The van der Waals surface area contributed by atoms with E-state index < -0.39 is 17.8 Å². The molecule has 2 aromatic rings. The monoisotopic (exact) mass is 508 g/mol. The molecule has 2 aromatic carbocycles. The maximum absolute atomic E-state index is 13.2. The minimum absolute atomic E-state index is 0.0469. The van der Waals surface area contributed by atoms with Crippen LogP contribution in [0.5, 0.6) is 28.7 Å². The number of phenols is 3. The topological polar surface area (TPSA) is 116 Å². The van der Waals surface area contributed by atoms with Crippen molar-refractivity contribution in [2.24, 2.45) is 0 Å². The summed E-state index contributed by atoms with van der Waals surface area (Å²) >= 11 is 0. The average molecular weight is 509 g/mol. The van der Waals surface area contributed by atoms with Crippen LogP contribution >= 0.6 is 0 Å². The van der Waals surface area contributed by atoms with Gasteiger partial charge < -0.3 is 29.9 Å². The van der Waals surface area contributed by atoms with Gasteiger partial charge in [0.05, 0.1) is 12.5 Å². The maximum atomic E-state index is 13.2. The molecule has 2 heterocycles. The highest BCUT2D eigenvalue weighted by molar-refractivity contribution is 6.03. The summed E-state index contributed by atoms with van der Waals surface area (Å²) in [7, 11) is 0. The van der Waals surface area contributed by atoms with Crippen LogP contribution in [-0.2, 0) is 12.8 Å². The van der Waals surface area contributed by atoms with Gasteiger partial charge in [-0.2, -0.15) is 0 Å². The summed E-state index contributed by atoms with van der Waals surface area (Å²) in [6, 6.07) is 4.64. The summed E-state index contributed by atoms with van der Waals surface area (Å²) < 4.78 is 12.2. The molecule has 2 aliphatic heterocycles. The number of aromatic hydroxyl groups is 3. The molecule has 2 atom stereocenters. The van der Waals surface area contributed by atoms with Crippen LogP contribution in [0.25, 0.3) is 0 Å². The summed E-state index contributed by atoms with van der Waals surface area (Å²) in [6.07, 6.45) is 4.90. The molecule has 0 radical (unpaired) electrons. The molecule has 198 valence electrons. The van der Waals surface area contributed by atoms with Crippen LogP contribution in [-0.4, -0.2) is 37.9 Å². The Kier molecular flexibility index (Phi) is 7.29. The molecule has 0 aliphatic carbocycles. The van der Waals surface area contributed by atoms with E-state index in [0.717, 1.165) is 18.4 Å². The van der Waals surface area contributed by atoms with Gasteiger partial charge in [-0.15, -0.1) is 0 Å². The van der Waals surface area contributed by atoms with Crippen LogP contribution in [0.15, 0.2) is 41.5 Å². The lowest BCUT2D eigenvalue weighted by Crippen LogP contribution is -2.46. The van der Waals surface area contributed by atoms with Crippen LogP contribution in [0.4, 0.5) is 0 Å². The Morgan fingerprint density at radius 3 is 2.49 bits per heavy atom. The molecular formula is C30H36O7. The number of aliphatic hydroxyl groups excluding tert-OH is 1. The van der Waals surface area contributed by atoms with Crippen molar-refractivity contribution in [1.29, 1.82) is 0 Å². The van der Waals surface area contributed by atoms with Crippen molar-refractivity contribution in [3.63, 3.8) is 0 Å². The number of hydrogen-bond donors (Lipinski definition) is 4. The van der Waals surface area contributed by atoms with Gasteiger partial charge in [0.15, 0.2) is 17.3 Å². The molecule has 0 fully saturated rings. The van der Waals surface area contributed by atoms with E-state index in [4.69, 9.17) is 9.47 Å². The number of fused-ring (bicyclic) bond motifs is 2. The Morgan fingerprint density at radius 2 is 1.78 bits per heavy atom. The van der Waals surface area contributed by atoms with Crippen LogP contribution in [0.2, 0.25) is 0 Å². The van der Waals surface area contributed by atoms with Gasteiger partial charge in [0.25, 0.3) is 0 Å². The number of carbonyl (C=O) groups is 1. The molecular weight excluding hydrogens is 472 g/mol.